The van der Waals surface area contributed by atoms with Crippen molar-refractivity contribution in [3.8, 4) is 0 Å². The van der Waals surface area contributed by atoms with E-state index in [4.69, 9.17) is 0 Å². The fourth-order valence-corrected chi connectivity index (χ4v) is 2.50. The molecular weight excluding hydrogens is 256 g/mol. The monoisotopic (exact) mass is 270 g/mol. The van der Waals surface area contributed by atoms with E-state index < -0.39 is 0 Å². The largest absolute Gasteiger partial charge is 0.347 e. The first-order valence-corrected chi connectivity index (χ1v) is 7.40. The van der Waals surface area contributed by atoms with Gasteiger partial charge in [-0.15, -0.1) is 0 Å². The Labute approximate surface area is 108 Å². The molecule has 7 heteroatoms. The van der Waals surface area contributed by atoms with Gasteiger partial charge in [-0.2, -0.15) is 16.9 Å². The number of carbonyl (C=O) groups is 1. The summed E-state index contributed by atoms with van der Waals surface area (Å²) in [5, 5.41) is 7.03. The highest BCUT2D eigenvalue weighted by atomic mass is 32.2. The molecule has 0 aliphatic heterocycles. The Hall–Kier alpha value is -1.08. The van der Waals surface area contributed by atoms with Crippen molar-refractivity contribution in [1.82, 2.24) is 19.9 Å². The maximum Gasteiger partial charge on any atom is 0.230 e. The van der Waals surface area contributed by atoms with Crippen molar-refractivity contribution in [3.63, 3.8) is 0 Å². The molecule has 92 valence electrons. The molecule has 5 nitrogen and oxygen atoms in total. The number of hydrogen-bond acceptors (Lipinski definition) is 5. The second kappa shape index (κ2) is 5.50. The average molecular weight is 270 g/mol. The lowest BCUT2D eigenvalue weighted by atomic mass is 10.2. The summed E-state index contributed by atoms with van der Waals surface area (Å²) in [7, 11) is 0. The molecule has 17 heavy (non-hydrogen) atoms. The summed E-state index contributed by atoms with van der Waals surface area (Å²) in [6.07, 6.45) is 1.85. The van der Waals surface area contributed by atoms with E-state index in [2.05, 4.69) is 15.4 Å². The van der Waals surface area contributed by atoms with Gasteiger partial charge in [0.05, 0.1) is 23.7 Å². The van der Waals surface area contributed by atoms with E-state index >= 15 is 0 Å². The van der Waals surface area contributed by atoms with Crippen molar-refractivity contribution < 1.29 is 4.79 Å². The third kappa shape index (κ3) is 2.98. The van der Waals surface area contributed by atoms with Crippen LogP contribution < -0.4 is 5.32 Å². The van der Waals surface area contributed by atoms with E-state index in [1.54, 1.807) is 21.8 Å². The molecule has 2 aromatic heterocycles. The Morgan fingerprint density at radius 1 is 1.71 bits per heavy atom. The topological polar surface area (TPSA) is 59.3 Å². The number of rotatable bonds is 5. The normalized spacial score (nSPS) is 12.8. The molecular formula is C10H14N4OS2. The lowest BCUT2D eigenvalue weighted by molar-refractivity contribution is -0.119. The molecule has 0 bridgehead atoms. The summed E-state index contributed by atoms with van der Waals surface area (Å²) in [5.41, 5.74) is 2.59. The predicted octanol–water partition coefficient (Wildman–Crippen LogP) is 1.72. The maximum atomic E-state index is 11.6. The average Bonchev–Trinajstić information content (AvgIpc) is 2.86. The van der Waals surface area contributed by atoms with Gasteiger partial charge in [0.15, 0.2) is 0 Å². The molecule has 0 radical (unpaired) electrons. The van der Waals surface area contributed by atoms with Crippen LogP contribution in [0.25, 0.3) is 4.96 Å². The summed E-state index contributed by atoms with van der Waals surface area (Å²) in [6.45, 7) is 3.97. The Balaban J connectivity index is 1.97. The van der Waals surface area contributed by atoms with Gasteiger partial charge < -0.3 is 5.32 Å². The number of carbonyl (C=O) groups excluding carboxylic acids is 1. The third-order valence-corrected chi connectivity index (χ3v) is 3.83. The number of fused-ring (bicyclic) bond motifs is 1. The Morgan fingerprint density at radius 3 is 3.24 bits per heavy atom. The minimum absolute atomic E-state index is 0.0497. The number of amides is 1. The molecule has 0 saturated heterocycles. The minimum Gasteiger partial charge on any atom is -0.347 e. The van der Waals surface area contributed by atoms with Crippen LogP contribution >= 0.6 is 23.1 Å². The highest BCUT2D eigenvalue weighted by Crippen LogP contribution is 2.15. The van der Waals surface area contributed by atoms with Crippen LogP contribution in [-0.4, -0.2) is 32.0 Å². The van der Waals surface area contributed by atoms with E-state index in [1.165, 1.54) is 11.3 Å². The lowest BCUT2D eigenvalue weighted by Crippen LogP contribution is -2.28. The fraction of sp³-hybridized carbons (Fsp3) is 0.500. The van der Waals surface area contributed by atoms with Crippen LogP contribution in [0.2, 0.25) is 0 Å². The molecule has 1 N–H and O–H groups in total. The first kappa shape index (κ1) is 12.4. The number of thioether (sulfide) groups is 1. The van der Waals surface area contributed by atoms with Crippen LogP contribution in [0.4, 0.5) is 0 Å². The Morgan fingerprint density at radius 2 is 2.53 bits per heavy atom. The van der Waals surface area contributed by atoms with Crippen molar-refractivity contribution in [2.75, 3.05) is 11.5 Å². The zero-order chi connectivity index (χ0) is 12.3. The van der Waals surface area contributed by atoms with Crippen molar-refractivity contribution in [2.24, 2.45) is 0 Å². The van der Waals surface area contributed by atoms with Gasteiger partial charge >= 0.3 is 0 Å². The van der Waals surface area contributed by atoms with E-state index in [0.717, 1.165) is 16.4 Å². The van der Waals surface area contributed by atoms with E-state index in [-0.39, 0.29) is 11.9 Å². The maximum absolute atomic E-state index is 11.6. The van der Waals surface area contributed by atoms with Gasteiger partial charge in [0.25, 0.3) is 0 Å². The van der Waals surface area contributed by atoms with Gasteiger partial charge in [0, 0.05) is 0 Å². The van der Waals surface area contributed by atoms with Crippen molar-refractivity contribution in [3.05, 3.63) is 17.4 Å². The molecule has 1 atom stereocenters. The smallest absolute Gasteiger partial charge is 0.230 e. The van der Waals surface area contributed by atoms with E-state index in [0.29, 0.717) is 5.75 Å². The number of hydrogen-bond donors (Lipinski definition) is 1. The summed E-state index contributed by atoms with van der Waals surface area (Å²) in [6, 6.07) is -0.0751. The summed E-state index contributed by atoms with van der Waals surface area (Å²) in [5.74, 6) is 1.50. The van der Waals surface area contributed by atoms with Gasteiger partial charge in [-0.25, -0.2) is 9.50 Å². The molecule has 0 saturated carbocycles. The molecule has 2 heterocycles. The summed E-state index contributed by atoms with van der Waals surface area (Å²) in [4.78, 5) is 16.8. The zero-order valence-corrected chi connectivity index (χ0v) is 11.3. The van der Waals surface area contributed by atoms with Gasteiger partial charge in [-0.05, 0) is 12.7 Å². The summed E-state index contributed by atoms with van der Waals surface area (Å²) >= 11 is 3.09. The van der Waals surface area contributed by atoms with Crippen LogP contribution in [0.3, 0.4) is 0 Å². The van der Waals surface area contributed by atoms with Crippen LogP contribution in [-0.2, 0) is 4.79 Å². The van der Waals surface area contributed by atoms with Gasteiger partial charge in [-0.1, -0.05) is 18.3 Å². The SMILES string of the molecule is CCSCC(=O)NC(C)c1cn2ncsc2n1. The first-order chi connectivity index (χ1) is 8.20. The summed E-state index contributed by atoms with van der Waals surface area (Å²) < 4.78 is 1.73. The lowest BCUT2D eigenvalue weighted by Gasteiger charge is -2.10. The number of aromatic nitrogens is 3. The fourth-order valence-electron chi connectivity index (χ4n) is 1.42. The van der Waals surface area contributed by atoms with Crippen LogP contribution in [0.15, 0.2) is 11.7 Å². The second-order valence-corrected chi connectivity index (χ2v) is 5.64. The van der Waals surface area contributed by atoms with Gasteiger partial charge in [0.1, 0.15) is 5.51 Å². The van der Waals surface area contributed by atoms with Crippen molar-refractivity contribution in [2.45, 2.75) is 19.9 Å². The quantitative estimate of drug-likeness (QED) is 0.898. The van der Waals surface area contributed by atoms with Crippen molar-refractivity contribution >= 4 is 34.0 Å². The molecule has 0 aliphatic carbocycles. The molecule has 0 spiro atoms. The molecule has 2 rings (SSSR count). The predicted molar refractivity (Wildman–Crippen MR) is 70.4 cm³/mol. The van der Waals surface area contributed by atoms with Crippen LogP contribution in [0.1, 0.15) is 25.6 Å². The Bertz CT molecular complexity index is 479. The molecule has 2 aromatic rings. The third-order valence-electron chi connectivity index (χ3n) is 2.26. The van der Waals surface area contributed by atoms with Crippen molar-refractivity contribution in [1.29, 1.82) is 0 Å². The van der Waals surface area contributed by atoms with Crippen LogP contribution in [0.5, 0.6) is 0 Å². The molecule has 0 aromatic carbocycles. The highest BCUT2D eigenvalue weighted by Gasteiger charge is 2.13. The highest BCUT2D eigenvalue weighted by molar-refractivity contribution is 7.99. The Kier molecular flexibility index (Phi) is 4.01. The minimum atomic E-state index is -0.0751. The molecule has 0 fully saturated rings. The second-order valence-electron chi connectivity index (χ2n) is 3.56. The van der Waals surface area contributed by atoms with Crippen LogP contribution in [0, 0.1) is 0 Å². The van der Waals surface area contributed by atoms with Gasteiger partial charge in [-0.3, -0.25) is 4.79 Å². The number of nitrogens with one attached hydrogen (secondary N) is 1. The first-order valence-electron chi connectivity index (χ1n) is 5.36. The number of nitrogens with zero attached hydrogens (tertiary/aromatic N) is 3. The molecule has 1 unspecified atom stereocenters. The van der Waals surface area contributed by atoms with E-state index in [9.17, 15) is 4.79 Å². The molecule has 1 amide bonds. The molecule has 0 aliphatic rings. The standard InChI is InChI=1S/C10H14N4OS2/c1-3-16-5-9(15)12-7(2)8-4-14-10(13-8)17-6-11-14/h4,6-7H,3,5H2,1-2H3,(H,12,15). The van der Waals surface area contributed by atoms with E-state index in [1.807, 2.05) is 20.0 Å². The zero-order valence-electron chi connectivity index (χ0n) is 9.71. The van der Waals surface area contributed by atoms with Gasteiger partial charge in [0.2, 0.25) is 10.9 Å². The number of imidazole rings is 1.